The number of piperidine rings is 1. The number of hydrogen-bond donors (Lipinski definition) is 2. The lowest BCUT2D eigenvalue weighted by Crippen LogP contribution is -2.67. The maximum atomic E-state index is 15.4. The van der Waals surface area contributed by atoms with E-state index in [-0.39, 0.29) is 11.6 Å². The summed E-state index contributed by atoms with van der Waals surface area (Å²) in [5.41, 5.74) is 2.39. The molecule has 2 N–H and O–H groups in total. The first-order valence-corrected chi connectivity index (χ1v) is 10.9. The van der Waals surface area contributed by atoms with Crippen molar-refractivity contribution < 1.29 is 4.39 Å². The fraction of sp³-hybridized carbons (Fsp3) is 0.400. The minimum absolute atomic E-state index is 0.131. The largest absolute Gasteiger partial charge is 0.364 e. The standard InChI is InChI=1S/C25H31FN6/c1-24(2)16-20(22(26)25(3,4)32(24)5)30-21-12-15-28-23(31-21)29-19-8-6-17(7-9-19)18-10-13-27-14-11-18/h6-15,20,22H,16H2,1-5H3,(H2,28,29,30,31). The van der Waals surface area contributed by atoms with Gasteiger partial charge >= 0.3 is 0 Å². The molecular formula is C25H31FN6. The van der Waals surface area contributed by atoms with Gasteiger partial charge in [-0.15, -0.1) is 0 Å². The molecule has 1 aliphatic heterocycles. The number of aromatic nitrogens is 3. The van der Waals surface area contributed by atoms with E-state index in [0.717, 1.165) is 16.8 Å². The molecule has 168 valence electrons. The van der Waals surface area contributed by atoms with Gasteiger partial charge < -0.3 is 10.6 Å². The van der Waals surface area contributed by atoms with E-state index in [0.29, 0.717) is 18.2 Å². The number of halogens is 1. The third-order valence-electron chi connectivity index (χ3n) is 6.66. The number of hydrogen-bond acceptors (Lipinski definition) is 6. The van der Waals surface area contributed by atoms with Crippen molar-refractivity contribution >= 4 is 17.5 Å². The number of anilines is 3. The van der Waals surface area contributed by atoms with E-state index in [2.05, 4.69) is 44.3 Å². The van der Waals surface area contributed by atoms with Gasteiger partial charge in [-0.25, -0.2) is 9.37 Å². The van der Waals surface area contributed by atoms with Crippen LogP contribution in [0.1, 0.15) is 34.1 Å². The summed E-state index contributed by atoms with van der Waals surface area (Å²) in [5, 5.41) is 6.55. The maximum Gasteiger partial charge on any atom is 0.229 e. The third-order valence-corrected chi connectivity index (χ3v) is 6.66. The highest BCUT2D eigenvalue weighted by atomic mass is 19.1. The van der Waals surface area contributed by atoms with Gasteiger partial charge in [-0.1, -0.05) is 12.1 Å². The first-order valence-electron chi connectivity index (χ1n) is 10.9. The minimum Gasteiger partial charge on any atom is -0.364 e. The van der Waals surface area contributed by atoms with E-state index in [1.807, 2.05) is 57.3 Å². The van der Waals surface area contributed by atoms with E-state index in [1.54, 1.807) is 24.7 Å². The Hall–Kier alpha value is -3.06. The molecule has 0 amide bonds. The van der Waals surface area contributed by atoms with Crippen molar-refractivity contribution in [2.75, 3.05) is 17.7 Å². The average Bonchev–Trinajstić information content (AvgIpc) is 2.78. The molecule has 7 heteroatoms. The van der Waals surface area contributed by atoms with E-state index >= 15 is 4.39 Å². The molecule has 1 fully saturated rings. The number of nitrogens with zero attached hydrogens (tertiary/aromatic N) is 4. The fourth-order valence-electron chi connectivity index (χ4n) is 4.47. The summed E-state index contributed by atoms with van der Waals surface area (Å²) in [6.45, 7) is 8.21. The average molecular weight is 435 g/mol. The Labute approximate surface area is 189 Å². The maximum absolute atomic E-state index is 15.4. The fourth-order valence-corrected chi connectivity index (χ4v) is 4.47. The Morgan fingerprint density at radius 1 is 0.938 bits per heavy atom. The summed E-state index contributed by atoms with van der Waals surface area (Å²) in [4.78, 5) is 15.1. The molecule has 0 spiro atoms. The number of rotatable bonds is 5. The smallest absolute Gasteiger partial charge is 0.229 e. The van der Waals surface area contributed by atoms with E-state index in [4.69, 9.17) is 0 Å². The van der Waals surface area contributed by atoms with Crippen LogP contribution in [0.3, 0.4) is 0 Å². The zero-order valence-electron chi connectivity index (χ0n) is 19.3. The molecule has 3 aromatic rings. The first-order chi connectivity index (χ1) is 15.2. The molecule has 1 aromatic carbocycles. The van der Waals surface area contributed by atoms with Crippen molar-refractivity contribution in [1.29, 1.82) is 0 Å². The number of pyridine rings is 1. The van der Waals surface area contributed by atoms with Gasteiger partial charge in [0.2, 0.25) is 5.95 Å². The Balaban J connectivity index is 1.47. The van der Waals surface area contributed by atoms with E-state index in [9.17, 15) is 0 Å². The van der Waals surface area contributed by atoms with Gasteiger partial charge in [0.1, 0.15) is 12.0 Å². The quantitative estimate of drug-likeness (QED) is 0.569. The predicted molar refractivity (Wildman–Crippen MR) is 128 cm³/mol. The lowest BCUT2D eigenvalue weighted by Gasteiger charge is -2.55. The van der Waals surface area contributed by atoms with Gasteiger partial charge in [-0.3, -0.25) is 9.88 Å². The van der Waals surface area contributed by atoms with Gasteiger partial charge in [0, 0.05) is 35.4 Å². The van der Waals surface area contributed by atoms with Crippen LogP contribution in [0.15, 0.2) is 61.1 Å². The summed E-state index contributed by atoms with van der Waals surface area (Å²) in [5.74, 6) is 1.08. The first kappa shape index (κ1) is 22.1. The molecule has 3 heterocycles. The number of nitrogens with one attached hydrogen (secondary N) is 2. The van der Waals surface area contributed by atoms with E-state index < -0.39 is 11.7 Å². The topological polar surface area (TPSA) is 66.0 Å². The van der Waals surface area contributed by atoms with Crippen LogP contribution in [0.25, 0.3) is 11.1 Å². The summed E-state index contributed by atoms with van der Waals surface area (Å²) in [7, 11) is 2.00. The van der Waals surface area contributed by atoms with E-state index in [1.165, 1.54) is 0 Å². The van der Waals surface area contributed by atoms with Crippen LogP contribution in [0, 0.1) is 0 Å². The second-order valence-corrected chi connectivity index (χ2v) is 9.59. The normalized spacial score (nSPS) is 22.3. The highest BCUT2D eigenvalue weighted by Gasteiger charge is 2.50. The number of benzene rings is 1. The van der Waals surface area contributed by atoms with Crippen LogP contribution in [-0.4, -0.2) is 50.2 Å². The minimum atomic E-state index is -1.03. The van der Waals surface area contributed by atoms with Crippen LogP contribution in [0.5, 0.6) is 0 Å². The van der Waals surface area contributed by atoms with Crippen LogP contribution in [0.4, 0.5) is 21.8 Å². The molecule has 1 aliphatic rings. The van der Waals surface area contributed by atoms with Gasteiger partial charge in [0.25, 0.3) is 0 Å². The predicted octanol–water partition coefficient (Wildman–Crippen LogP) is 5.29. The van der Waals surface area contributed by atoms with Gasteiger partial charge in [0.15, 0.2) is 0 Å². The Kier molecular flexibility index (Phi) is 5.86. The second kappa shape index (κ2) is 8.47. The van der Waals surface area contributed by atoms with Crippen LogP contribution < -0.4 is 10.6 Å². The SMILES string of the molecule is CN1C(C)(C)CC(Nc2ccnc(Nc3ccc(-c4ccncc4)cc3)n2)C(F)C1(C)C. The second-order valence-electron chi connectivity index (χ2n) is 9.59. The molecule has 6 nitrogen and oxygen atoms in total. The lowest BCUT2D eigenvalue weighted by molar-refractivity contribution is -0.0631. The third kappa shape index (κ3) is 4.43. The summed E-state index contributed by atoms with van der Waals surface area (Å²) >= 11 is 0. The molecule has 2 unspecified atom stereocenters. The number of alkyl halides is 1. The Morgan fingerprint density at radius 3 is 2.28 bits per heavy atom. The van der Waals surface area contributed by atoms with Crippen molar-refractivity contribution in [3.05, 3.63) is 61.1 Å². The molecule has 0 saturated carbocycles. The van der Waals surface area contributed by atoms with Gasteiger partial charge in [-0.05, 0) is 82.6 Å². The van der Waals surface area contributed by atoms with Crippen LogP contribution in [0.2, 0.25) is 0 Å². The molecule has 0 bridgehead atoms. The molecule has 2 aromatic heterocycles. The molecule has 1 saturated heterocycles. The lowest BCUT2D eigenvalue weighted by atomic mass is 9.76. The van der Waals surface area contributed by atoms with Crippen LogP contribution in [-0.2, 0) is 0 Å². The van der Waals surface area contributed by atoms with Crippen molar-refractivity contribution in [2.45, 2.75) is 57.4 Å². The zero-order valence-corrected chi connectivity index (χ0v) is 19.3. The monoisotopic (exact) mass is 434 g/mol. The molecular weight excluding hydrogens is 403 g/mol. The Bertz CT molecular complexity index is 1050. The van der Waals surface area contributed by atoms with Crippen LogP contribution >= 0.6 is 0 Å². The van der Waals surface area contributed by atoms with Gasteiger partial charge in [-0.2, -0.15) is 4.98 Å². The molecule has 0 radical (unpaired) electrons. The van der Waals surface area contributed by atoms with Crippen molar-refractivity contribution in [1.82, 2.24) is 19.9 Å². The molecule has 0 aliphatic carbocycles. The summed E-state index contributed by atoms with van der Waals surface area (Å²) in [6.07, 6.45) is 4.89. The molecule has 4 rings (SSSR count). The molecule has 32 heavy (non-hydrogen) atoms. The van der Waals surface area contributed by atoms with Crippen molar-refractivity contribution in [2.24, 2.45) is 0 Å². The summed E-state index contributed by atoms with van der Waals surface area (Å²) < 4.78 is 15.4. The summed E-state index contributed by atoms with van der Waals surface area (Å²) in [6, 6.07) is 13.4. The van der Waals surface area contributed by atoms with Gasteiger partial charge in [0.05, 0.1) is 6.04 Å². The van der Waals surface area contributed by atoms with Crippen molar-refractivity contribution in [3.63, 3.8) is 0 Å². The Morgan fingerprint density at radius 2 is 1.59 bits per heavy atom. The van der Waals surface area contributed by atoms with Crippen molar-refractivity contribution in [3.8, 4) is 11.1 Å². The number of likely N-dealkylation sites (tertiary alicyclic amines) is 1. The highest BCUT2D eigenvalue weighted by Crippen LogP contribution is 2.39. The molecule has 2 atom stereocenters. The highest BCUT2D eigenvalue weighted by molar-refractivity contribution is 5.67. The zero-order chi connectivity index (χ0) is 22.9.